The van der Waals surface area contributed by atoms with Gasteiger partial charge in [-0.15, -0.1) is 0 Å². The third-order valence-electron chi connectivity index (χ3n) is 4.37. The lowest BCUT2D eigenvalue weighted by Gasteiger charge is -2.26. The molecular formula is C15H17FO3S. The van der Waals surface area contributed by atoms with Gasteiger partial charge in [-0.3, -0.25) is 9.00 Å². The van der Waals surface area contributed by atoms with E-state index < -0.39 is 16.6 Å². The fourth-order valence-electron chi connectivity index (χ4n) is 3.29. The molecule has 2 saturated heterocycles. The fourth-order valence-corrected chi connectivity index (χ4v) is 5.41. The van der Waals surface area contributed by atoms with Crippen LogP contribution in [0.25, 0.3) is 0 Å². The second kappa shape index (κ2) is 5.28. The van der Waals surface area contributed by atoms with Crippen molar-refractivity contribution >= 4 is 16.6 Å². The average molecular weight is 296 g/mol. The molecule has 0 spiro atoms. The maximum atomic E-state index is 13.9. The van der Waals surface area contributed by atoms with Crippen molar-refractivity contribution < 1.29 is 18.1 Å². The number of methoxy groups -OCH3 is 1. The van der Waals surface area contributed by atoms with Crippen molar-refractivity contribution in [2.75, 3.05) is 7.11 Å². The van der Waals surface area contributed by atoms with Crippen LogP contribution in [-0.2, 0) is 10.8 Å². The molecule has 0 N–H and O–H groups in total. The van der Waals surface area contributed by atoms with Crippen molar-refractivity contribution in [1.29, 1.82) is 0 Å². The summed E-state index contributed by atoms with van der Waals surface area (Å²) >= 11 is 0. The highest BCUT2D eigenvalue weighted by molar-refractivity contribution is 7.86. The van der Waals surface area contributed by atoms with Crippen LogP contribution in [0, 0.1) is 11.7 Å². The summed E-state index contributed by atoms with van der Waals surface area (Å²) in [6, 6.07) is 4.23. The Bertz CT molecular complexity index is 556. The molecule has 3 rings (SSSR count). The summed E-state index contributed by atoms with van der Waals surface area (Å²) in [5, 5.41) is 0.243. The van der Waals surface area contributed by atoms with Gasteiger partial charge < -0.3 is 4.74 Å². The van der Waals surface area contributed by atoms with Crippen molar-refractivity contribution in [3.8, 4) is 5.75 Å². The van der Waals surface area contributed by atoms with Crippen LogP contribution in [-0.4, -0.2) is 27.6 Å². The first kappa shape index (κ1) is 13.7. The van der Waals surface area contributed by atoms with Crippen LogP contribution >= 0.6 is 0 Å². The van der Waals surface area contributed by atoms with Gasteiger partial charge in [-0.2, -0.15) is 0 Å². The van der Waals surface area contributed by atoms with E-state index in [0.29, 0.717) is 18.6 Å². The summed E-state index contributed by atoms with van der Waals surface area (Å²) < 4.78 is 30.9. The summed E-state index contributed by atoms with van der Waals surface area (Å²) in [4.78, 5) is 12.5. The molecular weight excluding hydrogens is 279 g/mol. The molecule has 1 aromatic carbocycles. The second-order valence-corrected chi connectivity index (χ2v) is 7.52. The highest BCUT2D eigenvalue weighted by atomic mass is 32.2. The van der Waals surface area contributed by atoms with Crippen LogP contribution in [0.15, 0.2) is 18.2 Å². The normalized spacial score (nSPS) is 32.1. The van der Waals surface area contributed by atoms with E-state index in [4.69, 9.17) is 4.74 Å². The number of fused-ring (bicyclic) bond motifs is 2. The van der Waals surface area contributed by atoms with Gasteiger partial charge in [0.15, 0.2) is 5.78 Å². The summed E-state index contributed by atoms with van der Waals surface area (Å²) in [5.41, 5.74) is 0.0985. The number of carbonyl (C=O) groups excluding carboxylic acids is 1. The summed E-state index contributed by atoms with van der Waals surface area (Å²) in [6.07, 6.45) is 3.11. The van der Waals surface area contributed by atoms with Crippen molar-refractivity contribution in [3.63, 3.8) is 0 Å². The SMILES string of the molecule is COc1ccc(F)c(C(=O)C2CC3CCC(C2)S3=O)c1. The number of benzene rings is 1. The van der Waals surface area contributed by atoms with Gasteiger partial charge in [-0.05, 0) is 43.9 Å². The van der Waals surface area contributed by atoms with Crippen molar-refractivity contribution in [1.82, 2.24) is 0 Å². The average Bonchev–Trinajstić information content (AvgIpc) is 2.68. The third kappa shape index (κ3) is 2.28. The van der Waals surface area contributed by atoms with Gasteiger partial charge in [-0.25, -0.2) is 4.39 Å². The lowest BCUT2D eigenvalue weighted by molar-refractivity contribution is 0.0901. The lowest BCUT2D eigenvalue weighted by atomic mass is 9.90. The first-order valence-electron chi connectivity index (χ1n) is 6.87. The monoisotopic (exact) mass is 296 g/mol. The minimum atomic E-state index is -0.794. The van der Waals surface area contributed by atoms with E-state index in [1.165, 1.54) is 25.3 Å². The minimum absolute atomic E-state index is 0.0985. The number of Topliss-reactive ketones (excluding diaryl/α,β-unsaturated/α-hetero) is 1. The molecule has 0 amide bonds. The zero-order valence-corrected chi connectivity index (χ0v) is 12.1. The Morgan fingerprint density at radius 1 is 1.30 bits per heavy atom. The highest BCUT2D eigenvalue weighted by Crippen LogP contribution is 2.40. The lowest BCUT2D eigenvalue weighted by Crippen LogP contribution is -2.32. The Hall–Kier alpha value is -1.23. The smallest absolute Gasteiger partial charge is 0.169 e. The molecule has 2 atom stereocenters. The molecule has 2 fully saturated rings. The molecule has 1 aromatic rings. The van der Waals surface area contributed by atoms with Gasteiger partial charge >= 0.3 is 0 Å². The molecule has 3 nitrogen and oxygen atoms in total. The quantitative estimate of drug-likeness (QED) is 0.806. The molecule has 108 valence electrons. The number of ketones is 1. The van der Waals surface area contributed by atoms with Crippen LogP contribution in [0.3, 0.4) is 0 Å². The molecule has 0 aliphatic carbocycles. The van der Waals surface area contributed by atoms with E-state index in [9.17, 15) is 13.4 Å². The van der Waals surface area contributed by atoms with E-state index in [-0.39, 0.29) is 27.8 Å². The molecule has 2 aliphatic rings. The van der Waals surface area contributed by atoms with Crippen LogP contribution in [0.5, 0.6) is 5.75 Å². The molecule has 2 aliphatic heterocycles. The number of carbonyl (C=O) groups is 1. The Morgan fingerprint density at radius 3 is 2.55 bits per heavy atom. The molecule has 5 heteroatoms. The Morgan fingerprint density at radius 2 is 1.95 bits per heavy atom. The van der Waals surface area contributed by atoms with Gasteiger partial charge in [0.25, 0.3) is 0 Å². The Balaban J connectivity index is 1.85. The number of ether oxygens (including phenoxy) is 1. The molecule has 0 saturated carbocycles. The minimum Gasteiger partial charge on any atom is -0.497 e. The van der Waals surface area contributed by atoms with Crippen LogP contribution in [0.2, 0.25) is 0 Å². The summed E-state index contributed by atoms with van der Waals surface area (Å²) in [6.45, 7) is 0. The van der Waals surface area contributed by atoms with Gasteiger partial charge in [0, 0.05) is 27.2 Å². The fraction of sp³-hybridized carbons (Fsp3) is 0.533. The first-order chi connectivity index (χ1) is 9.60. The number of halogens is 1. The standard InChI is InChI=1S/C15H17FO3S/c1-19-10-2-5-14(16)13(8-10)15(17)9-6-11-3-4-12(7-9)20(11)18/h2,5,8-9,11-12H,3-4,6-7H2,1H3. The van der Waals surface area contributed by atoms with Gasteiger partial charge in [0.1, 0.15) is 11.6 Å². The molecule has 0 radical (unpaired) electrons. The number of rotatable bonds is 3. The first-order valence-corrected chi connectivity index (χ1v) is 8.15. The maximum Gasteiger partial charge on any atom is 0.169 e. The topological polar surface area (TPSA) is 43.4 Å². The van der Waals surface area contributed by atoms with Crippen LogP contribution < -0.4 is 4.74 Å². The highest BCUT2D eigenvalue weighted by Gasteiger charge is 2.43. The molecule has 2 heterocycles. The maximum absolute atomic E-state index is 13.9. The van der Waals surface area contributed by atoms with E-state index in [0.717, 1.165) is 12.8 Å². The Kier molecular flexibility index (Phi) is 3.63. The zero-order chi connectivity index (χ0) is 14.3. The van der Waals surface area contributed by atoms with Crippen LogP contribution in [0.1, 0.15) is 36.0 Å². The van der Waals surface area contributed by atoms with Gasteiger partial charge in [0.05, 0.1) is 12.7 Å². The molecule has 0 aromatic heterocycles. The summed E-state index contributed by atoms with van der Waals surface area (Å²) in [5.74, 6) is -0.395. The molecule has 2 unspecified atom stereocenters. The van der Waals surface area contributed by atoms with E-state index in [1.807, 2.05) is 0 Å². The van der Waals surface area contributed by atoms with Crippen LogP contribution in [0.4, 0.5) is 4.39 Å². The zero-order valence-electron chi connectivity index (χ0n) is 11.3. The third-order valence-corrected chi connectivity index (χ3v) is 6.54. The predicted molar refractivity (Wildman–Crippen MR) is 75.0 cm³/mol. The number of hydrogen-bond acceptors (Lipinski definition) is 3. The number of hydrogen-bond donors (Lipinski definition) is 0. The van der Waals surface area contributed by atoms with E-state index in [2.05, 4.69) is 0 Å². The van der Waals surface area contributed by atoms with Crippen molar-refractivity contribution in [2.24, 2.45) is 5.92 Å². The second-order valence-electron chi connectivity index (χ2n) is 5.53. The van der Waals surface area contributed by atoms with Gasteiger partial charge in [-0.1, -0.05) is 0 Å². The van der Waals surface area contributed by atoms with Crippen molar-refractivity contribution in [2.45, 2.75) is 36.2 Å². The predicted octanol–water partition coefficient (Wildman–Crippen LogP) is 2.71. The van der Waals surface area contributed by atoms with E-state index >= 15 is 0 Å². The summed E-state index contributed by atoms with van der Waals surface area (Å²) in [7, 11) is 0.697. The molecule has 20 heavy (non-hydrogen) atoms. The largest absolute Gasteiger partial charge is 0.497 e. The Labute approximate surface area is 120 Å². The van der Waals surface area contributed by atoms with Crippen molar-refractivity contribution in [3.05, 3.63) is 29.6 Å². The molecule has 2 bridgehead atoms. The van der Waals surface area contributed by atoms with Gasteiger partial charge in [0.2, 0.25) is 0 Å². The van der Waals surface area contributed by atoms with E-state index in [1.54, 1.807) is 0 Å².